The monoisotopic (exact) mass is 632 g/mol. The second-order valence-corrected chi connectivity index (χ2v) is 14.0. The van der Waals surface area contributed by atoms with E-state index in [0.29, 0.717) is 12.8 Å². The van der Waals surface area contributed by atoms with Crippen LogP contribution in [0, 0.1) is 31.6 Å². The average Bonchev–Trinajstić information content (AvgIpc) is 3.52. The Morgan fingerprint density at radius 2 is 2.05 bits per heavy atom. The summed E-state index contributed by atoms with van der Waals surface area (Å²) in [6.07, 6.45) is 5.20. The Kier molecular flexibility index (Phi) is 9.57. The van der Waals surface area contributed by atoms with Crippen molar-refractivity contribution in [3.8, 4) is 0 Å². The number of hydrogen-bond acceptors (Lipinski definition) is 6. The first-order valence-electron chi connectivity index (χ1n) is 14.1. The number of carbonyl (C=O) groups excluding carboxylic acids is 3. The Morgan fingerprint density at radius 1 is 1.32 bits per heavy atom. The topological polar surface area (TPSA) is 87.1 Å². The van der Waals surface area contributed by atoms with Gasteiger partial charge in [0.1, 0.15) is 6.04 Å². The summed E-state index contributed by atoms with van der Waals surface area (Å²) in [6, 6.07) is 4.57. The maximum Gasteiger partial charge on any atom is 0.310 e. The minimum absolute atomic E-state index is 0.0482. The fourth-order valence-electron chi connectivity index (χ4n) is 6.72. The van der Waals surface area contributed by atoms with Crippen molar-refractivity contribution in [2.24, 2.45) is 17.8 Å². The van der Waals surface area contributed by atoms with Crippen molar-refractivity contribution in [1.29, 1.82) is 0 Å². The van der Waals surface area contributed by atoms with Crippen molar-refractivity contribution < 1.29 is 24.2 Å². The molecule has 1 aromatic carbocycles. The van der Waals surface area contributed by atoms with Gasteiger partial charge in [0.25, 0.3) is 5.91 Å². The second kappa shape index (κ2) is 12.4. The second-order valence-electron chi connectivity index (χ2n) is 11.3. The highest BCUT2D eigenvalue weighted by atomic mass is 79.9. The maximum absolute atomic E-state index is 14.9. The van der Waals surface area contributed by atoms with Crippen LogP contribution in [0.2, 0.25) is 0 Å². The fraction of sp³-hybridized carbons (Fsp3) is 0.581. The summed E-state index contributed by atoms with van der Waals surface area (Å²) in [7, 11) is 0. The number of halogens is 1. The highest BCUT2D eigenvalue weighted by Gasteiger charge is 2.77. The van der Waals surface area contributed by atoms with Gasteiger partial charge in [-0.15, -0.1) is 24.9 Å². The summed E-state index contributed by atoms with van der Waals surface area (Å²) in [5.41, 5.74) is 2.73. The molecule has 218 valence electrons. The predicted molar refractivity (Wildman–Crippen MR) is 164 cm³/mol. The third-order valence-corrected chi connectivity index (χ3v) is 12.1. The number of aliphatic hydroxyl groups is 1. The lowest BCUT2D eigenvalue weighted by Gasteiger charge is -2.41. The summed E-state index contributed by atoms with van der Waals surface area (Å²) < 4.78 is 4.79. The lowest BCUT2D eigenvalue weighted by molar-refractivity contribution is -0.154. The smallest absolute Gasteiger partial charge is 0.310 e. The van der Waals surface area contributed by atoms with E-state index < -0.39 is 34.6 Å². The van der Waals surface area contributed by atoms with E-state index in [-0.39, 0.29) is 47.6 Å². The summed E-state index contributed by atoms with van der Waals surface area (Å²) >= 11 is 5.38. The van der Waals surface area contributed by atoms with Crippen molar-refractivity contribution >= 4 is 51.2 Å². The van der Waals surface area contributed by atoms with Crippen LogP contribution in [0.4, 0.5) is 5.69 Å². The van der Waals surface area contributed by atoms with E-state index >= 15 is 0 Å². The van der Waals surface area contributed by atoms with Gasteiger partial charge in [0, 0.05) is 22.3 Å². The molecule has 4 rings (SSSR count). The lowest BCUT2D eigenvalue weighted by Crippen LogP contribution is -2.59. The largest absolute Gasteiger partial charge is 0.465 e. The van der Waals surface area contributed by atoms with Crippen LogP contribution in [0.25, 0.3) is 0 Å². The number of carbonyl (C=O) groups is 3. The average molecular weight is 634 g/mol. The van der Waals surface area contributed by atoms with E-state index in [2.05, 4.69) is 29.1 Å². The minimum Gasteiger partial charge on any atom is -0.465 e. The molecule has 3 saturated heterocycles. The number of rotatable bonds is 12. The Morgan fingerprint density at radius 3 is 2.67 bits per heavy atom. The van der Waals surface area contributed by atoms with Crippen molar-refractivity contribution in [2.75, 3.05) is 24.7 Å². The molecule has 3 aliphatic rings. The van der Waals surface area contributed by atoms with Gasteiger partial charge in [-0.2, -0.15) is 0 Å². The van der Waals surface area contributed by atoms with Crippen LogP contribution in [-0.4, -0.2) is 74.5 Å². The normalized spacial score (nSPS) is 30.1. The minimum atomic E-state index is -0.850. The van der Waals surface area contributed by atoms with Gasteiger partial charge in [0.05, 0.1) is 35.8 Å². The third-order valence-electron chi connectivity index (χ3n) is 8.88. The maximum atomic E-state index is 14.9. The zero-order valence-electron chi connectivity index (χ0n) is 23.8. The number of thioether (sulfide) groups is 1. The van der Waals surface area contributed by atoms with Gasteiger partial charge < -0.3 is 19.6 Å². The molecule has 2 amide bonds. The number of amides is 2. The van der Waals surface area contributed by atoms with Gasteiger partial charge in [0.15, 0.2) is 0 Å². The number of alkyl halides is 1. The first kappa shape index (κ1) is 30.8. The van der Waals surface area contributed by atoms with Crippen LogP contribution in [0.3, 0.4) is 0 Å². The van der Waals surface area contributed by atoms with Crippen molar-refractivity contribution in [3.05, 3.63) is 54.6 Å². The van der Waals surface area contributed by atoms with Crippen LogP contribution < -0.4 is 4.90 Å². The van der Waals surface area contributed by atoms with Crippen LogP contribution in [0.1, 0.15) is 44.2 Å². The number of fused-ring (bicyclic) bond motifs is 1. The molecule has 9 heteroatoms. The van der Waals surface area contributed by atoms with Crippen molar-refractivity contribution in [1.82, 2.24) is 4.90 Å². The van der Waals surface area contributed by atoms with E-state index in [1.54, 1.807) is 33.7 Å². The summed E-state index contributed by atoms with van der Waals surface area (Å²) in [4.78, 5) is 46.1. The molecular weight excluding hydrogens is 592 g/mol. The van der Waals surface area contributed by atoms with Crippen LogP contribution in [0.5, 0.6) is 0 Å². The number of likely N-dealkylation sites (tertiary alicyclic amines) is 1. The molecule has 0 aliphatic carbocycles. The van der Waals surface area contributed by atoms with Crippen molar-refractivity contribution in [2.45, 2.75) is 73.9 Å². The van der Waals surface area contributed by atoms with Gasteiger partial charge in [-0.1, -0.05) is 60.5 Å². The molecule has 2 bridgehead atoms. The standard InChI is InChI=1S/C31H41BrN2O5S/c1-7-10-14-39-30(38)24-25-28(36)34(23(17-35)19(5)9-3)27(31(25)16-21(32)26(24)40-31)29(37)33(13-8-2)22-15-18(4)11-12-20(22)6/h7-8,11-12,15,19,21,23-27,35H,1-2,9-10,13-14,16-17H2,3-6H3/t19-,21?,23-,24-,25-,26-,27?,31?/m0/s1. The molecule has 0 radical (unpaired) electrons. The number of anilines is 1. The van der Waals surface area contributed by atoms with Gasteiger partial charge in [0.2, 0.25) is 5.91 Å². The Balaban J connectivity index is 1.85. The van der Waals surface area contributed by atoms with Gasteiger partial charge in [-0.25, -0.2) is 0 Å². The molecule has 1 spiro atoms. The number of benzene rings is 1. The van der Waals surface area contributed by atoms with E-state index in [1.807, 2.05) is 45.9 Å². The summed E-state index contributed by atoms with van der Waals surface area (Å²) in [5, 5.41) is 10.4. The number of hydrogen-bond donors (Lipinski definition) is 1. The molecule has 7 nitrogen and oxygen atoms in total. The lowest BCUT2D eigenvalue weighted by atomic mass is 9.71. The molecule has 1 aromatic rings. The highest BCUT2D eigenvalue weighted by molar-refractivity contribution is 9.09. The number of aryl methyl sites for hydroxylation is 2. The molecule has 0 aromatic heterocycles. The molecule has 8 atom stereocenters. The molecule has 3 heterocycles. The van der Waals surface area contributed by atoms with Gasteiger partial charge in [-0.3, -0.25) is 14.4 Å². The molecule has 3 aliphatic heterocycles. The SMILES string of the molecule is C=CCCOC(=O)[C@H]1[C@H]2C(=O)N([C@@H](CO)[C@@H](C)CC)C(C(=O)N(CC=C)c3cc(C)ccc3C)C23CC(Br)[C@@H]1S3. The molecule has 3 fully saturated rings. The number of esters is 1. The fourth-order valence-corrected chi connectivity index (χ4v) is 10.3. The van der Waals surface area contributed by atoms with Crippen LogP contribution >= 0.6 is 27.7 Å². The quantitative estimate of drug-likeness (QED) is 0.154. The van der Waals surface area contributed by atoms with Crippen LogP contribution in [0.15, 0.2) is 43.5 Å². The highest BCUT2D eigenvalue weighted by Crippen LogP contribution is 2.68. The molecule has 0 saturated carbocycles. The summed E-state index contributed by atoms with van der Waals surface area (Å²) in [5.74, 6) is -2.28. The Labute approximate surface area is 250 Å². The van der Waals surface area contributed by atoms with Gasteiger partial charge >= 0.3 is 5.97 Å². The Bertz CT molecular complexity index is 1180. The molecule has 1 N–H and O–H groups in total. The number of ether oxygens (including phenoxy) is 1. The van der Waals surface area contributed by atoms with E-state index in [0.717, 1.165) is 23.2 Å². The Hall–Kier alpha value is -2.10. The number of nitrogens with zero attached hydrogens (tertiary/aromatic N) is 2. The van der Waals surface area contributed by atoms with E-state index in [1.165, 1.54) is 0 Å². The summed E-state index contributed by atoms with van der Waals surface area (Å²) in [6.45, 7) is 15.8. The molecule has 40 heavy (non-hydrogen) atoms. The first-order valence-corrected chi connectivity index (χ1v) is 15.9. The predicted octanol–water partition coefficient (Wildman–Crippen LogP) is 4.81. The molecule has 3 unspecified atom stereocenters. The first-order chi connectivity index (χ1) is 19.1. The van der Waals surface area contributed by atoms with E-state index in [4.69, 9.17) is 4.74 Å². The van der Waals surface area contributed by atoms with Crippen molar-refractivity contribution in [3.63, 3.8) is 0 Å². The van der Waals surface area contributed by atoms with E-state index in [9.17, 15) is 19.5 Å². The molecular formula is C31H41BrN2O5S. The third kappa shape index (κ3) is 5.07. The zero-order valence-corrected chi connectivity index (χ0v) is 26.2. The van der Waals surface area contributed by atoms with Crippen LogP contribution in [-0.2, 0) is 19.1 Å². The zero-order chi connectivity index (χ0) is 29.4. The number of aliphatic hydroxyl groups excluding tert-OH is 1. The van der Waals surface area contributed by atoms with Gasteiger partial charge in [-0.05, 0) is 49.8 Å².